The van der Waals surface area contributed by atoms with Gasteiger partial charge < -0.3 is 10.1 Å². The Morgan fingerprint density at radius 1 is 1.35 bits per heavy atom. The van der Waals surface area contributed by atoms with Gasteiger partial charge in [-0.1, -0.05) is 20.8 Å². The van der Waals surface area contributed by atoms with E-state index in [4.69, 9.17) is 4.74 Å². The summed E-state index contributed by atoms with van der Waals surface area (Å²) in [6, 6.07) is 0.0475. The lowest BCUT2D eigenvalue weighted by Crippen LogP contribution is -2.42. The van der Waals surface area contributed by atoms with E-state index in [1.54, 1.807) is 0 Å². The van der Waals surface area contributed by atoms with Gasteiger partial charge in [-0.3, -0.25) is 0 Å². The van der Waals surface area contributed by atoms with E-state index in [0.717, 1.165) is 19.6 Å². The van der Waals surface area contributed by atoms with E-state index in [1.165, 1.54) is 0 Å². The molecule has 1 saturated heterocycles. The highest BCUT2D eigenvalue weighted by Crippen LogP contribution is 2.18. The Bertz CT molecular complexity index is 308. The van der Waals surface area contributed by atoms with Crippen LogP contribution in [0.3, 0.4) is 0 Å². The second-order valence-electron chi connectivity index (χ2n) is 5.26. The van der Waals surface area contributed by atoms with E-state index >= 15 is 0 Å². The van der Waals surface area contributed by atoms with Gasteiger partial charge in [-0.05, 0) is 18.9 Å². The van der Waals surface area contributed by atoms with E-state index in [9.17, 15) is 8.42 Å². The van der Waals surface area contributed by atoms with Crippen LogP contribution in [0.4, 0.5) is 0 Å². The van der Waals surface area contributed by atoms with Gasteiger partial charge >= 0.3 is 0 Å². The zero-order valence-electron chi connectivity index (χ0n) is 11.1. The molecule has 1 fully saturated rings. The van der Waals surface area contributed by atoms with Gasteiger partial charge in [0.05, 0.1) is 18.1 Å². The predicted octanol–water partition coefficient (Wildman–Crippen LogP) is 1.07. The number of rotatable bonds is 7. The van der Waals surface area contributed by atoms with Crippen LogP contribution in [0, 0.1) is 11.8 Å². The number of nitrogens with one attached hydrogen (secondary N) is 1. The minimum Gasteiger partial charge on any atom is -0.381 e. The van der Waals surface area contributed by atoms with Crippen LogP contribution in [0.15, 0.2) is 0 Å². The van der Waals surface area contributed by atoms with E-state index in [2.05, 4.69) is 5.32 Å². The molecule has 0 aliphatic carbocycles. The summed E-state index contributed by atoms with van der Waals surface area (Å²) in [6.45, 7) is 8.15. The first-order chi connectivity index (χ1) is 7.94. The summed E-state index contributed by atoms with van der Waals surface area (Å²) >= 11 is 0. The molecule has 2 unspecified atom stereocenters. The summed E-state index contributed by atoms with van der Waals surface area (Å²) < 4.78 is 29.3. The molecule has 1 N–H and O–H groups in total. The smallest absolute Gasteiger partial charge is 0.152 e. The van der Waals surface area contributed by atoms with E-state index in [0.29, 0.717) is 12.5 Å². The molecule has 17 heavy (non-hydrogen) atoms. The van der Waals surface area contributed by atoms with Crippen LogP contribution in [0.2, 0.25) is 0 Å². The maximum Gasteiger partial charge on any atom is 0.152 e. The molecular formula is C12H25NO3S. The molecule has 102 valence electrons. The fourth-order valence-corrected chi connectivity index (χ4v) is 4.43. The highest BCUT2D eigenvalue weighted by Gasteiger charge is 2.29. The van der Waals surface area contributed by atoms with E-state index in [1.807, 2.05) is 20.8 Å². The molecule has 5 heteroatoms. The van der Waals surface area contributed by atoms with Gasteiger partial charge in [-0.15, -0.1) is 0 Å². The van der Waals surface area contributed by atoms with Gasteiger partial charge in [-0.2, -0.15) is 0 Å². The monoisotopic (exact) mass is 263 g/mol. The van der Waals surface area contributed by atoms with Gasteiger partial charge in [0.15, 0.2) is 9.84 Å². The van der Waals surface area contributed by atoms with Gasteiger partial charge in [0, 0.05) is 18.6 Å². The summed E-state index contributed by atoms with van der Waals surface area (Å²) in [5, 5.41) is 3.29. The number of hydrogen-bond acceptors (Lipinski definition) is 4. The largest absolute Gasteiger partial charge is 0.381 e. The summed E-state index contributed by atoms with van der Waals surface area (Å²) in [5.74, 6) is 1.06. The van der Waals surface area contributed by atoms with Gasteiger partial charge in [0.25, 0.3) is 0 Å². The molecule has 1 heterocycles. The Morgan fingerprint density at radius 3 is 2.53 bits per heavy atom. The lowest BCUT2D eigenvalue weighted by Gasteiger charge is -2.23. The van der Waals surface area contributed by atoms with Crippen LogP contribution >= 0.6 is 0 Å². The molecule has 0 amide bonds. The number of sulfone groups is 1. The van der Waals surface area contributed by atoms with Crippen LogP contribution < -0.4 is 5.32 Å². The lowest BCUT2D eigenvalue weighted by molar-refractivity contribution is 0.179. The van der Waals surface area contributed by atoms with Crippen LogP contribution in [0.25, 0.3) is 0 Å². The van der Waals surface area contributed by atoms with Gasteiger partial charge in [-0.25, -0.2) is 8.42 Å². The molecule has 0 bridgehead atoms. The van der Waals surface area contributed by atoms with Gasteiger partial charge in [0.2, 0.25) is 0 Å². The van der Waals surface area contributed by atoms with E-state index < -0.39 is 9.84 Å². The fourth-order valence-electron chi connectivity index (χ4n) is 2.34. The first-order valence-corrected chi connectivity index (χ1v) is 8.28. The van der Waals surface area contributed by atoms with Crippen LogP contribution in [0.1, 0.15) is 27.2 Å². The molecule has 1 aliphatic heterocycles. The maximum atomic E-state index is 12.0. The second-order valence-corrected chi connectivity index (χ2v) is 7.41. The Hall–Kier alpha value is -0.130. The molecule has 1 aliphatic rings. The third-order valence-electron chi connectivity index (χ3n) is 3.02. The molecule has 0 aromatic heterocycles. The molecule has 4 nitrogen and oxygen atoms in total. The molecule has 0 aromatic carbocycles. The Kier molecular flexibility index (Phi) is 5.89. The fraction of sp³-hybridized carbons (Fsp3) is 1.00. The third-order valence-corrected chi connectivity index (χ3v) is 5.06. The quantitative estimate of drug-likeness (QED) is 0.746. The van der Waals surface area contributed by atoms with Crippen molar-refractivity contribution in [1.29, 1.82) is 0 Å². The summed E-state index contributed by atoms with van der Waals surface area (Å²) in [4.78, 5) is 0. The number of hydrogen-bond donors (Lipinski definition) is 1. The summed E-state index contributed by atoms with van der Waals surface area (Å²) in [6.07, 6.45) is 0.967. The predicted molar refractivity (Wildman–Crippen MR) is 69.9 cm³/mol. The average Bonchev–Trinajstić information content (AvgIpc) is 2.66. The highest BCUT2D eigenvalue weighted by atomic mass is 32.2. The van der Waals surface area contributed by atoms with Crippen LogP contribution in [-0.4, -0.2) is 45.7 Å². The Morgan fingerprint density at radius 2 is 2.06 bits per heavy atom. The second kappa shape index (κ2) is 6.71. The van der Waals surface area contributed by atoms with Crippen molar-refractivity contribution < 1.29 is 13.2 Å². The summed E-state index contributed by atoms with van der Waals surface area (Å²) in [5.41, 5.74) is 0. The molecule has 0 radical (unpaired) electrons. The Labute approximate surface area is 105 Å². The molecule has 0 aromatic rings. The minimum atomic E-state index is -2.96. The molecule has 1 rings (SSSR count). The first kappa shape index (κ1) is 14.9. The number of ether oxygens (including phenoxy) is 1. The summed E-state index contributed by atoms with van der Waals surface area (Å²) in [7, 11) is -2.96. The van der Waals surface area contributed by atoms with Crippen molar-refractivity contribution in [2.45, 2.75) is 33.2 Å². The zero-order valence-corrected chi connectivity index (χ0v) is 11.9. The molecule has 0 saturated carbocycles. The van der Waals surface area contributed by atoms with Crippen LogP contribution in [0.5, 0.6) is 0 Å². The van der Waals surface area contributed by atoms with Crippen molar-refractivity contribution in [3.05, 3.63) is 0 Å². The van der Waals surface area contributed by atoms with E-state index in [-0.39, 0.29) is 23.5 Å². The molecule has 2 atom stereocenters. The van der Waals surface area contributed by atoms with Crippen molar-refractivity contribution in [3.63, 3.8) is 0 Å². The van der Waals surface area contributed by atoms with Crippen molar-refractivity contribution >= 4 is 9.84 Å². The topological polar surface area (TPSA) is 55.4 Å². The van der Waals surface area contributed by atoms with Gasteiger partial charge in [0.1, 0.15) is 0 Å². The van der Waals surface area contributed by atoms with Crippen molar-refractivity contribution in [1.82, 2.24) is 5.32 Å². The first-order valence-electron chi connectivity index (χ1n) is 6.46. The minimum absolute atomic E-state index is 0.0475. The lowest BCUT2D eigenvalue weighted by atomic mass is 10.0. The molecule has 0 spiro atoms. The van der Waals surface area contributed by atoms with Crippen molar-refractivity contribution in [3.8, 4) is 0 Å². The third kappa shape index (κ3) is 5.36. The van der Waals surface area contributed by atoms with Crippen LogP contribution in [-0.2, 0) is 14.6 Å². The molecular weight excluding hydrogens is 238 g/mol. The van der Waals surface area contributed by atoms with Crippen molar-refractivity contribution in [2.75, 3.05) is 31.3 Å². The average molecular weight is 263 g/mol. The Balaban J connectivity index is 2.59. The zero-order chi connectivity index (χ0) is 12.9. The normalized spacial score (nSPS) is 23.2. The maximum absolute atomic E-state index is 12.0. The van der Waals surface area contributed by atoms with Crippen molar-refractivity contribution in [2.24, 2.45) is 11.8 Å². The standard InChI is InChI=1S/C12H25NO3S/c1-4-13-12(11-5-6-16-7-11)9-17(14,15)8-10(2)3/h10-13H,4-9H2,1-3H3. The highest BCUT2D eigenvalue weighted by molar-refractivity contribution is 7.91. The SMILES string of the molecule is CCNC(CS(=O)(=O)CC(C)C)C1CCOC1.